The fourth-order valence-corrected chi connectivity index (χ4v) is 3.86. The van der Waals surface area contributed by atoms with Crippen LogP contribution >= 0.6 is 0 Å². The highest BCUT2D eigenvalue weighted by atomic mass is 16.6. The van der Waals surface area contributed by atoms with Gasteiger partial charge in [0.2, 0.25) is 0 Å². The fraction of sp³-hybridized carbons (Fsp3) is 0.300. The van der Waals surface area contributed by atoms with Crippen LogP contribution in [0.5, 0.6) is 11.5 Å². The lowest BCUT2D eigenvalue weighted by molar-refractivity contribution is 0.0443. The van der Waals surface area contributed by atoms with Gasteiger partial charge in [-0.1, -0.05) is 25.1 Å². The first-order chi connectivity index (χ1) is 12.4. The zero-order valence-electron chi connectivity index (χ0n) is 14.4. The van der Waals surface area contributed by atoms with Gasteiger partial charge in [-0.25, -0.2) is 4.79 Å². The van der Waals surface area contributed by atoms with E-state index in [4.69, 9.17) is 9.47 Å². The lowest BCUT2D eigenvalue weighted by Crippen LogP contribution is -2.25. The average Bonchev–Trinajstić information content (AvgIpc) is 2.96. The minimum absolute atomic E-state index is 0.146. The normalized spacial score (nSPS) is 24.0. The summed E-state index contributed by atoms with van der Waals surface area (Å²) >= 11 is 0. The Hall–Kier alpha value is -2.86. The number of Topliss-reactive ketones (excluding diaryl/α,β-unsaturated/α-hetero) is 1. The number of phenols is 1. The maximum Gasteiger partial charge on any atom is 0.343 e. The summed E-state index contributed by atoms with van der Waals surface area (Å²) in [6.07, 6.45) is -1.58. The van der Waals surface area contributed by atoms with Crippen LogP contribution in [-0.2, 0) is 4.74 Å². The minimum atomic E-state index is -0.924. The van der Waals surface area contributed by atoms with E-state index in [1.165, 1.54) is 13.2 Å². The van der Waals surface area contributed by atoms with Gasteiger partial charge in [0, 0.05) is 17.5 Å². The maximum atomic E-state index is 12.7. The van der Waals surface area contributed by atoms with Crippen molar-refractivity contribution in [3.8, 4) is 11.5 Å². The fourth-order valence-electron chi connectivity index (χ4n) is 3.86. The SMILES string of the molecule is COc1cccc2c1C(=O)O[C@@H]2c1c(O)ccc2c1C(=O)C[C@@H](C)[C@@H]2O. The summed E-state index contributed by atoms with van der Waals surface area (Å²) in [4.78, 5) is 25.1. The highest BCUT2D eigenvalue weighted by Crippen LogP contribution is 2.47. The van der Waals surface area contributed by atoms with Crippen LogP contribution in [0, 0.1) is 5.92 Å². The van der Waals surface area contributed by atoms with E-state index in [0.717, 1.165) is 0 Å². The quantitative estimate of drug-likeness (QED) is 0.806. The molecule has 0 saturated heterocycles. The van der Waals surface area contributed by atoms with E-state index in [1.807, 2.05) is 0 Å². The van der Waals surface area contributed by atoms with Gasteiger partial charge in [-0.2, -0.15) is 0 Å². The second-order valence-electron chi connectivity index (χ2n) is 6.72. The van der Waals surface area contributed by atoms with E-state index >= 15 is 0 Å². The number of carbonyl (C=O) groups is 2. The number of aromatic hydroxyl groups is 1. The average molecular weight is 354 g/mol. The van der Waals surface area contributed by atoms with Crippen LogP contribution < -0.4 is 4.74 Å². The lowest BCUT2D eigenvalue weighted by atomic mass is 9.78. The van der Waals surface area contributed by atoms with Crippen LogP contribution in [0.2, 0.25) is 0 Å². The second-order valence-corrected chi connectivity index (χ2v) is 6.72. The molecule has 0 amide bonds. The van der Waals surface area contributed by atoms with Gasteiger partial charge >= 0.3 is 5.97 Å². The van der Waals surface area contributed by atoms with Gasteiger partial charge < -0.3 is 19.7 Å². The number of ketones is 1. The van der Waals surface area contributed by atoms with Crippen LogP contribution in [0.15, 0.2) is 30.3 Å². The summed E-state index contributed by atoms with van der Waals surface area (Å²) in [5.74, 6) is -0.745. The first-order valence-electron chi connectivity index (χ1n) is 8.39. The van der Waals surface area contributed by atoms with E-state index < -0.39 is 18.2 Å². The van der Waals surface area contributed by atoms with Crippen molar-refractivity contribution in [3.63, 3.8) is 0 Å². The lowest BCUT2D eigenvalue weighted by Gasteiger charge is -2.29. The third-order valence-corrected chi connectivity index (χ3v) is 5.15. The van der Waals surface area contributed by atoms with Gasteiger partial charge in [0.05, 0.1) is 18.8 Å². The Morgan fingerprint density at radius 3 is 2.62 bits per heavy atom. The Balaban J connectivity index is 1.95. The smallest absolute Gasteiger partial charge is 0.343 e. The number of fused-ring (bicyclic) bond motifs is 2. The number of cyclic esters (lactones) is 1. The van der Waals surface area contributed by atoms with Crippen molar-refractivity contribution in [3.05, 3.63) is 58.1 Å². The standard InChI is InChI=1S/C20H18O6/c1-9-8-13(22)15-10(18(9)23)6-7-12(21)17(15)19-11-4-3-5-14(25-2)16(11)20(24)26-19/h3-7,9,18-19,21,23H,8H2,1-2H3/t9-,18+,19+/m1/s1. The Bertz CT molecular complexity index is 932. The summed E-state index contributed by atoms with van der Waals surface area (Å²) < 4.78 is 10.7. The molecule has 134 valence electrons. The molecule has 0 bridgehead atoms. The molecule has 0 spiro atoms. The zero-order valence-corrected chi connectivity index (χ0v) is 14.4. The molecule has 0 radical (unpaired) electrons. The largest absolute Gasteiger partial charge is 0.507 e. The van der Waals surface area contributed by atoms with Crippen molar-refractivity contribution in [2.24, 2.45) is 5.92 Å². The molecule has 0 aromatic heterocycles. The zero-order chi connectivity index (χ0) is 18.6. The van der Waals surface area contributed by atoms with Crippen molar-refractivity contribution in [1.29, 1.82) is 0 Å². The number of hydrogen-bond donors (Lipinski definition) is 2. The maximum absolute atomic E-state index is 12.7. The van der Waals surface area contributed by atoms with Crippen LogP contribution in [0.3, 0.4) is 0 Å². The molecule has 2 aliphatic rings. The Morgan fingerprint density at radius 2 is 1.88 bits per heavy atom. The Labute approximate surface area is 150 Å². The summed E-state index contributed by atoms with van der Waals surface area (Å²) in [5, 5.41) is 21.0. The number of methoxy groups -OCH3 is 1. The van der Waals surface area contributed by atoms with E-state index in [1.54, 1.807) is 31.2 Å². The molecule has 2 aromatic carbocycles. The molecular formula is C20H18O6. The molecule has 4 rings (SSSR count). The van der Waals surface area contributed by atoms with Crippen molar-refractivity contribution in [1.82, 2.24) is 0 Å². The van der Waals surface area contributed by atoms with E-state index in [2.05, 4.69) is 0 Å². The van der Waals surface area contributed by atoms with Gasteiger partial charge in [0.1, 0.15) is 17.1 Å². The number of rotatable bonds is 2. The molecule has 2 N–H and O–H groups in total. The molecule has 1 aliphatic heterocycles. The molecule has 0 saturated carbocycles. The predicted octanol–water partition coefficient (Wildman–Crippen LogP) is 2.92. The van der Waals surface area contributed by atoms with Crippen LogP contribution in [0.1, 0.15) is 63.0 Å². The molecule has 1 aliphatic carbocycles. The van der Waals surface area contributed by atoms with Crippen LogP contribution in [-0.4, -0.2) is 29.1 Å². The Kier molecular flexibility index (Phi) is 3.73. The minimum Gasteiger partial charge on any atom is -0.507 e. The van der Waals surface area contributed by atoms with Gasteiger partial charge in [-0.05, 0) is 23.6 Å². The van der Waals surface area contributed by atoms with Crippen LogP contribution in [0.4, 0.5) is 0 Å². The summed E-state index contributed by atoms with van der Waals surface area (Å²) in [6, 6.07) is 8.06. The molecule has 2 aromatic rings. The molecule has 6 nitrogen and oxygen atoms in total. The molecular weight excluding hydrogens is 336 g/mol. The molecule has 0 unspecified atom stereocenters. The van der Waals surface area contributed by atoms with Gasteiger partial charge in [0.25, 0.3) is 0 Å². The number of benzene rings is 2. The van der Waals surface area contributed by atoms with Crippen molar-refractivity contribution < 1.29 is 29.3 Å². The number of hydrogen-bond acceptors (Lipinski definition) is 6. The molecule has 26 heavy (non-hydrogen) atoms. The predicted molar refractivity (Wildman–Crippen MR) is 91.4 cm³/mol. The van der Waals surface area contributed by atoms with E-state index in [9.17, 15) is 19.8 Å². The van der Waals surface area contributed by atoms with Gasteiger partial charge in [-0.15, -0.1) is 0 Å². The van der Waals surface area contributed by atoms with E-state index in [-0.39, 0.29) is 40.6 Å². The van der Waals surface area contributed by atoms with Crippen LogP contribution in [0.25, 0.3) is 0 Å². The van der Waals surface area contributed by atoms with Gasteiger partial charge in [0.15, 0.2) is 11.9 Å². The van der Waals surface area contributed by atoms with Crippen molar-refractivity contribution >= 4 is 11.8 Å². The number of phenolic OH excluding ortho intramolecular Hbond substituents is 1. The highest BCUT2D eigenvalue weighted by molar-refractivity contribution is 6.03. The second kappa shape index (κ2) is 5.85. The third-order valence-electron chi connectivity index (χ3n) is 5.15. The highest BCUT2D eigenvalue weighted by Gasteiger charge is 2.41. The number of carbonyl (C=O) groups excluding carboxylic acids is 2. The first kappa shape index (κ1) is 16.6. The van der Waals surface area contributed by atoms with Gasteiger partial charge in [-0.3, -0.25) is 4.79 Å². The number of ether oxygens (including phenoxy) is 2. The Morgan fingerprint density at radius 1 is 1.12 bits per heavy atom. The summed E-state index contributed by atoms with van der Waals surface area (Å²) in [7, 11) is 1.46. The van der Waals surface area contributed by atoms with Crippen molar-refractivity contribution in [2.45, 2.75) is 25.6 Å². The van der Waals surface area contributed by atoms with Crippen molar-refractivity contribution in [2.75, 3.05) is 7.11 Å². The summed E-state index contributed by atoms with van der Waals surface area (Å²) in [6.45, 7) is 1.80. The number of aliphatic hydroxyl groups excluding tert-OH is 1. The third kappa shape index (κ3) is 2.22. The molecule has 1 heterocycles. The monoisotopic (exact) mass is 354 g/mol. The summed E-state index contributed by atoms with van der Waals surface area (Å²) in [5.41, 5.74) is 1.73. The first-order valence-corrected chi connectivity index (χ1v) is 8.39. The number of aliphatic hydroxyl groups is 1. The topological polar surface area (TPSA) is 93.1 Å². The molecule has 3 atom stereocenters. The molecule has 6 heteroatoms. The van der Waals surface area contributed by atoms with E-state index in [0.29, 0.717) is 16.9 Å². The molecule has 0 fully saturated rings. The number of esters is 1.